The van der Waals surface area contributed by atoms with E-state index < -0.39 is 15.8 Å². The Bertz CT molecular complexity index is 750. The number of hydrogen-bond donors (Lipinski definition) is 2. The van der Waals surface area contributed by atoms with Crippen LogP contribution in [0.2, 0.25) is 0 Å². The van der Waals surface area contributed by atoms with Crippen molar-refractivity contribution in [2.75, 3.05) is 11.8 Å². The quantitative estimate of drug-likeness (QED) is 0.732. The molecule has 0 saturated carbocycles. The first-order chi connectivity index (χ1) is 9.92. The Morgan fingerprint density at radius 1 is 1.19 bits per heavy atom. The van der Waals surface area contributed by atoms with Crippen molar-refractivity contribution in [2.45, 2.75) is 11.4 Å². The van der Waals surface area contributed by atoms with Crippen LogP contribution in [0.15, 0.2) is 47.4 Å². The molecule has 0 fully saturated rings. The fourth-order valence-electron chi connectivity index (χ4n) is 1.80. The summed E-state index contributed by atoms with van der Waals surface area (Å²) in [6.45, 7) is 0.581. The lowest BCUT2D eigenvalue weighted by atomic mass is 10.2. The Kier molecular flexibility index (Phi) is 5.17. The fraction of sp³-hybridized carbons (Fsp3) is 0.143. The molecule has 0 saturated heterocycles. The molecule has 2 aromatic carbocycles. The van der Waals surface area contributed by atoms with E-state index in [1.54, 1.807) is 19.2 Å². The van der Waals surface area contributed by atoms with Crippen molar-refractivity contribution in [1.29, 1.82) is 0 Å². The molecule has 0 spiro atoms. The zero-order valence-corrected chi connectivity index (χ0v) is 14.2. The van der Waals surface area contributed by atoms with Crippen LogP contribution >= 0.6 is 22.6 Å². The van der Waals surface area contributed by atoms with Crippen molar-refractivity contribution in [3.05, 3.63) is 57.4 Å². The maximum absolute atomic E-state index is 13.1. The van der Waals surface area contributed by atoms with Crippen LogP contribution in [0.1, 0.15) is 5.56 Å². The minimum absolute atomic E-state index is 0.176. The summed E-state index contributed by atoms with van der Waals surface area (Å²) in [7, 11) is -1.90. The van der Waals surface area contributed by atoms with Gasteiger partial charge in [-0.25, -0.2) is 12.8 Å². The van der Waals surface area contributed by atoms with Gasteiger partial charge in [-0.1, -0.05) is 12.1 Å². The highest BCUT2D eigenvalue weighted by Gasteiger charge is 2.16. The summed E-state index contributed by atoms with van der Waals surface area (Å²) in [6.07, 6.45) is 0. The highest BCUT2D eigenvalue weighted by molar-refractivity contribution is 14.1. The number of benzene rings is 2. The predicted octanol–water partition coefficient (Wildman–Crippen LogP) is 2.95. The summed E-state index contributed by atoms with van der Waals surface area (Å²) in [5.41, 5.74) is 1.23. The molecular formula is C14H14FIN2O2S. The molecule has 0 heterocycles. The number of rotatable bonds is 5. The molecule has 0 radical (unpaired) electrons. The van der Waals surface area contributed by atoms with Crippen molar-refractivity contribution < 1.29 is 12.8 Å². The van der Waals surface area contributed by atoms with E-state index in [4.69, 9.17) is 0 Å². The lowest BCUT2D eigenvalue weighted by molar-refractivity contribution is 0.600. The molecule has 0 bridgehead atoms. The molecule has 0 atom stereocenters. The van der Waals surface area contributed by atoms with Gasteiger partial charge >= 0.3 is 0 Å². The first kappa shape index (κ1) is 16.2. The third-order valence-electron chi connectivity index (χ3n) is 2.77. The van der Waals surface area contributed by atoms with Crippen molar-refractivity contribution in [3.63, 3.8) is 0 Å². The second-order valence-corrected chi connectivity index (χ2v) is 7.25. The van der Waals surface area contributed by atoms with Crippen LogP contribution in [0, 0.1) is 9.39 Å². The highest BCUT2D eigenvalue weighted by Crippen LogP contribution is 2.23. The maximum Gasteiger partial charge on any atom is 0.261 e. The monoisotopic (exact) mass is 420 g/mol. The second-order valence-electron chi connectivity index (χ2n) is 4.41. The van der Waals surface area contributed by atoms with E-state index in [2.05, 4.69) is 10.0 Å². The van der Waals surface area contributed by atoms with Crippen LogP contribution in [0.25, 0.3) is 0 Å². The van der Waals surface area contributed by atoms with E-state index >= 15 is 0 Å². The summed E-state index contributed by atoms with van der Waals surface area (Å²) < 4.78 is 40.8. The molecule has 0 aliphatic heterocycles. The van der Waals surface area contributed by atoms with Crippen LogP contribution in [0.4, 0.5) is 10.1 Å². The van der Waals surface area contributed by atoms with Gasteiger partial charge in [0.25, 0.3) is 10.0 Å². The summed E-state index contributed by atoms with van der Waals surface area (Å²) in [5, 5.41) is 2.97. The van der Waals surface area contributed by atoms with Gasteiger partial charge in [0.2, 0.25) is 0 Å². The highest BCUT2D eigenvalue weighted by atomic mass is 127. The molecule has 2 aromatic rings. The first-order valence-electron chi connectivity index (χ1n) is 6.14. The molecule has 0 aliphatic carbocycles. The molecule has 21 heavy (non-hydrogen) atoms. The van der Waals surface area contributed by atoms with Gasteiger partial charge in [-0.2, -0.15) is 0 Å². The Labute approximate surface area is 137 Å². The molecule has 0 unspecified atom stereocenters. The van der Waals surface area contributed by atoms with E-state index in [0.717, 1.165) is 5.56 Å². The third kappa shape index (κ3) is 4.14. The Morgan fingerprint density at radius 2 is 1.95 bits per heavy atom. The van der Waals surface area contributed by atoms with E-state index in [9.17, 15) is 12.8 Å². The molecule has 0 aromatic heterocycles. The molecule has 4 nitrogen and oxygen atoms in total. The molecule has 2 N–H and O–H groups in total. The molecule has 7 heteroatoms. The zero-order chi connectivity index (χ0) is 15.5. The predicted molar refractivity (Wildman–Crippen MR) is 89.1 cm³/mol. The average molecular weight is 420 g/mol. The Morgan fingerprint density at radius 3 is 2.62 bits per heavy atom. The van der Waals surface area contributed by atoms with Crippen molar-refractivity contribution in [2.24, 2.45) is 0 Å². The summed E-state index contributed by atoms with van der Waals surface area (Å²) >= 11 is 1.89. The van der Waals surface area contributed by atoms with E-state index in [1.165, 1.54) is 24.3 Å². The van der Waals surface area contributed by atoms with Gasteiger partial charge in [-0.3, -0.25) is 4.72 Å². The Hall–Kier alpha value is -1.19. The standard InChI is InChI=1S/C14H14FIN2O2S/c1-17-9-10-3-2-4-12(7-10)21(19,20)18-14-6-5-11(15)8-13(14)16/h2-8,17-18H,9H2,1H3. The summed E-state index contributed by atoms with van der Waals surface area (Å²) in [6, 6.07) is 10.6. The van der Waals surface area contributed by atoms with Crippen LogP contribution in [-0.2, 0) is 16.6 Å². The normalized spacial score (nSPS) is 11.4. The molecule has 112 valence electrons. The largest absolute Gasteiger partial charge is 0.316 e. The second kappa shape index (κ2) is 6.71. The molecule has 0 aliphatic rings. The minimum Gasteiger partial charge on any atom is -0.316 e. The lowest BCUT2D eigenvalue weighted by Gasteiger charge is -2.11. The third-order valence-corrected chi connectivity index (χ3v) is 5.02. The summed E-state index contributed by atoms with van der Waals surface area (Å²) in [5.74, 6) is -0.404. The van der Waals surface area contributed by atoms with Crippen molar-refractivity contribution in [1.82, 2.24) is 5.32 Å². The topological polar surface area (TPSA) is 58.2 Å². The first-order valence-corrected chi connectivity index (χ1v) is 8.70. The van der Waals surface area contributed by atoms with E-state index in [-0.39, 0.29) is 4.90 Å². The van der Waals surface area contributed by atoms with Crippen molar-refractivity contribution in [3.8, 4) is 0 Å². The number of sulfonamides is 1. The van der Waals surface area contributed by atoms with Gasteiger partial charge in [0.15, 0.2) is 0 Å². The van der Waals surface area contributed by atoms with Crippen molar-refractivity contribution >= 4 is 38.3 Å². The van der Waals surface area contributed by atoms with Crippen LogP contribution in [0.5, 0.6) is 0 Å². The maximum atomic E-state index is 13.1. The van der Waals surface area contributed by atoms with Gasteiger partial charge in [-0.05, 0) is 65.5 Å². The average Bonchev–Trinajstić information content (AvgIpc) is 2.43. The van der Waals surface area contributed by atoms with Crippen LogP contribution in [-0.4, -0.2) is 15.5 Å². The minimum atomic E-state index is -3.69. The van der Waals surface area contributed by atoms with Crippen LogP contribution in [0.3, 0.4) is 0 Å². The lowest BCUT2D eigenvalue weighted by Crippen LogP contribution is -2.14. The van der Waals surface area contributed by atoms with E-state index in [1.807, 2.05) is 28.7 Å². The van der Waals surface area contributed by atoms with Gasteiger partial charge in [0.05, 0.1) is 10.6 Å². The Balaban J connectivity index is 2.31. The SMILES string of the molecule is CNCc1cccc(S(=O)(=O)Nc2ccc(F)cc2I)c1. The molecule has 2 rings (SSSR count). The number of anilines is 1. The van der Waals surface area contributed by atoms with Gasteiger partial charge < -0.3 is 5.32 Å². The number of nitrogens with one attached hydrogen (secondary N) is 2. The fourth-order valence-corrected chi connectivity index (χ4v) is 3.75. The number of halogens is 2. The van der Waals surface area contributed by atoms with Gasteiger partial charge in [0.1, 0.15) is 5.82 Å². The zero-order valence-electron chi connectivity index (χ0n) is 11.2. The summed E-state index contributed by atoms with van der Waals surface area (Å²) in [4.78, 5) is 0.176. The molecular weight excluding hydrogens is 406 g/mol. The number of hydrogen-bond acceptors (Lipinski definition) is 3. The van der Waals surface area contributed by atoms with E-state index in [0.29, 0.717) is 15.8 Å². The molecule has 0 amide bonds. The van der Waals surface area contributed by atoms with Gasteiger partial charge in [-0.15, -0.1) is 0 Å². The van der Waals surface area contributed by atoms with Crippen LogP contribution < -0.4 is 10.0 Å². The van der Waals surface area contributed by atoms with Gasteiger partial charge in [0, 0.05) is 10.1 Å². The smallest absolute Gasteiger partial charge is 0.261 e.